The van der Waals surface area contributed by atoms with Crippen LogP contribution in [0.2, 0.25) is 0 Å². The minimum atomic E-state index is -0.635. The zero-order chi connectivity index (χ0) is 22.2. The first-order valence-corrected chi connectivity index (χ1v) is 10.3. The summed E-state index contributed by atoms with van der Waals surface area (Å²) < 4.78 is 10.3. The maximum atomic E-state index is 12.4. The maximum Gasteiger partial charge on any atom is 0.326 e. The van der Waals surface area contributed by atoms with Crippen LogP contribution in [0.3, 0.4) is 0 Å². The van der Waals surface area contributed by atoms with Crippen LogP contribution >= 0.6 is 11.8 Å². The number of para-hydroxylation sites is 1. The van der Waals surface area contributed by atoms with E-state index in [1.807, 2.05) is 18.2 Å². The highest BCUT2D eigenvalue weighted by atomic mass is 32.2. The average molecular weight is 440 g/mol. The van der Waals surface area contributed by atoms with Crippen molar-refractivity contribution in [2.45, 2.75) is 6.92 Å². The normalized spacial score (nSPS) is 14.6. The molecule has 8 nitrogen and oxygen atoms in total. The molecule has 0 atom stereocenters. The van der Waals surface area contributed by atoms with Crippen LogP contribution in [0.1, 0.15) is 12.5 Å². The molecule has 3 rings (SSSR count). The van der Waals surface area contributed by atoms with Crippen LogP contribution in [-0.2, 0) is 19.1 Å². The van der Waals surface area contributed by atoms with Crippen LogP contribution in [0, 0.1) is 0 Å². The number of rotatable bonds is 8. The number of anilines is 1. The lowest BCUT2D eigenvalue weighted by Gasteiger charge is -2.10. The smallest absolute Gasteiger partial charge is 0.326 e. The fraction of sp³-hybridized carbons (Fsp3) is 0.182. The largest absolute Gasteiger partial charge is 0.484 e. The van der Waals surface area contributed by atoms with E-state index in [0.717, 1.165) is 16.7 Å². The van der Waals surface area contributed by atoms with Gasteiger partial charge < -0.3 is 14.8 Å². The van der Waals surface area contributed by atoms with E-state index in [9.17, 15) is 19.2 Å². The molecule has 9 heteroatoms. The van der Waals surface area contributed by atoms with E-state index in [-0.39, 0.29) is 24.0 Å². The Bertz CT molecular complexity index is 1000. The van der Waals surface area contributed by atoms with Crippen molar-refractivity contribution in [3.8, 4) is 5.75 Å². The summed E-state index contributed by atoms with van der Waals surface area (Å²) >= 11 is 0.763. The number of amides is 3. The van der Waals surface area contributed by atoms with Crippen molar-refractivity contribution in [3.05, 3.63) is 65.1 Å². The highest BCUT2D eigenvalue weighted by Gasteiger charge is 2.36. The SMILES string of the molecule is CCOC(=O)CN1C(=O)S/C(=C/c2ccc(OCC(=O)Nc3ccccc3)cc2)C1=O. The van der Waals surface area contributed by atoms with E-state index in [2.05, 4.69) is 5.32 Å². The van der Waals surface area contributed by atoms with Crippen molar-refractivity contribution in [3.63, 3.8) is 0 Å². The first-order chi connectivity index (χ1) is 15.0. The molecular weight excluding hydrogens is 420 g/mol. The zero-order valence-electron chi connectivity index (χ0n) is 16.7. The van der Waals surface area contributed by atoms with Gasteiger partial charge in [0.1, 0.15) is 12.3 Å². The fourth-order valence-corrected chi connectivity index (χ4v) is 3.49. The summed E-state index contributed by atoms with van der Waals surface area (Å²) in [6, 6.07) is 15.8. The van der Waals surface area contributed by atoms with Crippen molar-refractivity contribution in [1.82, 2.24) is 4.90 Å². The summed E-state index contributed by atoms with van der Waals surface area (Å²) in [4.78, 5) is 49.0. The molecule has 0 saturated carbocycles. The summed E-state index contributed by atoms with van der Waals surface area (Å²) in [5, 5.41) is 2.20. The predicted octanol–water partition coefficient (Wildman–Crippen LogP) is 3.30. The van der Waals surface area contributed by atoms with Gasteiger partial charge in [-0.3, -0.25) is 24.1 Å². The minimum Gasteiger partial charge on any atom is -0.484 e. The van der Waals surface area contributed by atoms with Gasteiger partial charge in [-0.1, -0.05) is 30.3 Å². The molecule has 1 N–H and O–H groups in total. The summed E-state index contributed by atoms with van der Waals surface area (Å²) in [5.41, 5.74) is 1.35. The number of thioether (sulfide) groups is 1. The highest BCUT2D eigenvalue weighted by molar-refractivity contribution is 8.18. The minimum absolute atomic E-state index is 0.152. The van der Waals surface area contributed by atoms with Gasteiger partial charge in [-0.05, 0) is 54.6 Å². The van der Waals surface area contributed by atoms with E-state index >= 15 is 0 Å². The van der Waals surface area contributed by atoms with Gasteiger partial charge in [-0.25, -0.2) is 0 Å². The van der Waals surface area contributed by atoms with Gasteiger partial charge in [0.05, 0.1) is 11.5 Å². The van der Waals surface area contributed by atoms with Gasteiger partial charge >= 0.3 is 5.97 Å². The number of hydrogen-bond donors (Lipinski definition) is 1. The van der Waals surface area contributed by atoms with Crippen molar-refractivity contribution in [1.29, 1.82) is 0 Å². The molecule has 1 heterocycles. The molecule has 1 aliphatic heterocycles. The quantitative estimate of drug-likeness (QED) is 0.496. The van der Waals surface area contributed by atoms with E-state index < -0.39 is 23.7 Å². The standard InChI is InChI=1S/C22H20N2O6S/c1-2-29-20(26)13-24-21(27)18(31-22(24)28)12-15-8-10-17(11-9-15)30-14-19(25)23-16-6-4-3-5-7-16/h3-12H,2,13-14H2,1H3,(H,23,25)/b18-12+. The van der Waals surface area contributed by atoms with Gasteiger partial charge in [0.2, 0.25) is 0 Å². The van der Waals surface area contributed by atoms with Gasteiger partial charge in [0.15, 0.2) is 6.61 Å². The average Bonchev–Trinajstić information content (AvgIpc) is 3.01. The topological polar surface area (TPSA) is 102 Å². The Labute approximate surface area is 183 Å². The Morgan fingerprint density at radius 2 is 1.77 bits per heavy atom. The number of hydrogen-bond acceptors (Lipinski definition) is 7. The Hall–Kier alpha value is -3.59. The van der Waals surface area contributed by atoms with E-state index in [1.54, 1.807) is 49.4 Å². The number of nitrogens with zero attached hydrogens (tertiary/aromatic N) is 1. The summed E-state index contributed by atoms with van der Waals surface area (Å²) in [5.74, 6) is -0.980. The molecule has 0 unspecified atom stereocenters. The van der Waals surface area contributed by atoms with E-state index in [4.69, 9.17) is 9.47 Å². The van der Waals surface area contributed by atoms with Crippen LogP contribution in [0.25, 0.3) is 6.08 Å². The van der Waals surface area contributed by atoms with Crippen molar-refractivity contribution >= 4 is 46.5 Å². The molecule has 0 aliphatic carbocycles. The first-order valence-electron chi connectivity index (χ1n) is 9.45. The van der Waals surface area contributed by atoms with E-state index in [0.29, 0.717) is 17.0 Å². The second-order valence-electron chi connectivity index (χ2n) is 6.34. The number of carbonyl (C=O) groups excluding carboxylic acids is 4. The maximum absolute atomic E-state index is 12.4. The lowest BCUT2D eigenvalue weighted by molar-refractivity contribution is -0.146. The number of benzene rings is 2. The molecule has 1 aliphatic rings. The number of imide groups is 1. The Morgan fingerprint density at radius 1 is 1.06 bits per heavy atom. The fourth-order valence-electron chi connectivity index (χ4n) is 2.65. The van der Waals surface area contributed by atoms with Crippen LogP contribution < -0.4 is 10.1 Å². The molecule has 0 spiro atoms. The lowest BCUT2D eigenvalue weighted by atomic mass is 10.2. The van der Waals surface area contributed by atoms with Crippen LogP contribution in [0.5, 0.6) is 5.75 Å². The van der Waals surface area contributed by atoms with Crippen molar-refractivity contribution in [2.75, 3.05) is 25.1 Å². The van der Waals surface area contributed by atoms with Gasteiger partial charge in [-0.2, -0.15) is 0 Å². The summed E-state index contributed by atoms with van der Waals surface area (Å²) in [7, 11) is 0. The highest BCUT2D eigenvalue weighted by Crippen LogP contribution is 2.32. The molecule has 0 radical (unpaired) electrons. The lowest BCUT2D eigenvalue weighted by Crippen LogP contribution is -2.34. The molecule has 2 aromatic carbocycles. The predicted molar refractivity (Wildman–Crippen MR) is 116 cm³/mol. The summed E-state index contributed by atoms with van der Waals surface area (Å²) in [6.07, 6.45) is 1.56. The molecule has 1 saturated heterocycles. The van der Waals surface area contributed by atoms with E-state index in [1.165, 1.54) is 0 Å². The molecule has 1 fully saturated rings. The molecule has 3 amide bonds. The van der Waals surface area contributed by atoms with Crippen LogP contribution in [0.15, 0.2) is 59.5 Å². The number of carbonyl (C=O) groups is 4. The first kappa shape index (κ1) is 22.1. The number of esters is 1. The second kappa shape index (κ2) is 10.4. The molecule has 2 aromatic rings. The number of ether oxygens (including phenoxy) is 2. The van der Waals surface area contributed by atoms with Crippen LogP contribution in [0.4, 0.5) is 10.5 Å². The molecule has 160 valence electrons. The molecule has 0 aromatic heterocycles. The third kappa shape index (κ3) is 6.19. The number of nitrogens with one attached hydrogen (secondary N) is 1. The Kier molecular flexibility index (Phi) is 7.45. The van der Waals surface area contributed by atoms with Gasteiger partial charge in [0.25, 0.3) is 17.1 Å². The zero-order valence-corrected chi connectivity index (χ0v) is 17.5. The second-order valence-corrected chi connectivity index (χ2v) is 7.34. The molecule has 0 bridgehead atoms. The van der Waals surface area contributed by atoms with Crippen LogP contribution in [-0.4, -0.2) is 47.7 Å². The van der Waals surface area contributed by atoms with Crippen molar-refractivity contribution in [2.24, 2.45) is 0 Å². The van der Waals surface area contributed by atoms with Gasteiger partial charge in [-0.15, -0.1) is 0 Å². The monoisotopic (exact) mass is 440 g/mol. The third-order valence-corrected chi connectivity index (χ3v) is 4.98. The molecule has 31 heavy (non-hydrogen) atoms. The summed E-state index contributed by atoms with van der Waals surface area (Å²) in [6.45, 7) is 1.26. The van der Waals surface area contributed by atoms with Gasteiger partial charge in [0, 0.05) is 5.69 Å². The third-order valence-electron chi connectivity index (χ3n) is 4.07. The molecular formula is C22H20N2O6S. The Morgan fingerprint density at radius 3 is 2.45 bits per heavy atom. The Balaban J connectivity index is 1.55. The van der Waals surface area contributed by atoms with Crippen molar-refractivity contribution < 1.29 is 28.7 Å².